The van der Waals surface area contributed by atoms with Gasteiger partial charge in [-0.15, -0.1) is 11.3 Å². The SMILES string of the molecule is N=C(N)c1csc(CNC(=O)C2CCCN2C(=O)[C@H](NCC(=O)O)C(c2ccccc2)c2ccccc2)n1. The van der Waals surface area contributed by atoms with Gasteiger partial charge in [0.1, 0.15) is 22.6 Å². The maximum atomic E-state index is 14.1. The summed E-state index contributed by atoms with van der Waals surface area (Å²) in [5, 5.41) is 25.0. The van der Waals surface area contributed by atoms with Crippen molar-refractivity contribution in [3.63, 3.8) is 0 Å². The third kappa shape index (κ3) is 6.42. The van der Waals surface area contributed by atoms with E-state index in [0.717, 1.165) is 11.1 Å². The summed E-state index contributed by atoms with van der Waals surface area (Å²) in [5.41, 5.74) is 7.55. The van der Waals surface area contributed by atoms with Crippen molar-refractivity contribution >= 4 is 35.0 Å². The molecular formula is C27H30N6O4S. The highest BCUT2D eigenvalue weighted by Crippen LogP contribution is 2.31. The highest BCUT2D eigenvalue weighted by atomic mass is 32.1. The summed E-state index contributed by atoms with van der Waals surface area (Å²) >= 11 is 1.29. The van der Waals surface area contributed by atoms with Crippen molar-refractivity contribution in [1.82, 2.24) is 20.5 Å². The minimum atomic E-state index is -1.08. The molecule has 2 amide bonds. The van der Waals surface area contributed by atoms with Gasteiger partial charge in [0.25, 0.3) is 0 Å². The third-order valence-electron chi connectivity index (χ3n) is 6.47. The number of hydrogen-bond donors (Lipinski definition) is 5. The Kier molecular flexibility index (Phi) is 8.82. The molecule has 0 spiro atoms. The van der Waals surface area contributed by atoms with E-state index >= 15 is 0 Å². The smallest absolute Gasteiger partial charge is 0.317 e. The second kappa shape index (κ2) is 12.4. The van der Waals surface area contributed by atoms with Crippen LogP contribution in [-0.4, -0.2) is 63.8 Å². The van der Waals surface area contributed by atoms with Gasteiger partial charge in [-0.25, -0.2) is 4.98 Å². The zero-order chi connectivity index (χ0) is 27.1. The summed E-state index contributed by atoms with van der Waals surface area (Å²) < 4.78 is 0. The molecule has 1 aromatic heterocycles. The number of hydrogen-bond acceptors (Lipinski definition) is 7. The first-order chi connectivity index (χ1) is 18.3. The largest absolute Gasteiger partial charge is 0.480 e. The Morgan fingerprint density at radius 2 is 1.74 bits per heavy atom. The van der Waals surface area contributed by atoms with Gasteiger partial charge in [-0.2, -0.15) is 0 Å². The van der Waals surface area contributed by atoms with Gasteiger partial charge < -0.3 is 21.1 Å². The molecule has 4 rings (SSSR count). The number of benzene rings is 2. The van der Waals surface area contributed by atoms with Gasteiger partial charge in [0, 0.05) is 17.8 Å². The van der Waals surface area contributed by atoms with Gasteiger partial charge in [0.05, 0.1) is 19.1 Å². The fourth-order valence-electron chi connectivity index (χ4n) is 4.72. The molecule has 0 saturated carbocycles. The topological polar surface area (TPSA) is 162 Å². The number of carbonyl (C=O) groups excluding carboxylic acids is 2. The first kappa shape index (κ1) is 27.0. The van der Waals surface area contributed by atoms with E-state index in [1.54, 1.807) is 10.3 Å². The van der Waals surface area contributed by atoms with Crippen LogP contribution in [0.3, 0.4) is 0 Å². The maximum absolute atomic E-state index is 14.1. The number of aliphatic carboxylic acids is 1. The van der Waals surface area contributed by atoms with Crippen molar-refractivity contribution in [1.29, 1.82) is 5.41 Å². The Labute approximate surface area is 224 Å². The lowest BCUT2D eigenvalue weighted by molar-refractivity contribution is -0.141. The number of nitrogens with zero attached hydrogens (tertiary/aromatic N) is 2. The molecule has 38 heavy (non-hydrogen) atoms. The Morgan fingerprint density at radius 1 is 1.11 bits per heavy atom. The van der Waals surface area contributed by atoms with E-state index in [9.17, 15) is 19.5 Å². The highest BCUT2D eigenvalue weighted by molar-refractivity contribution is 7.09. The van der Waals surface area contributed by atoms with Crippen LogP contribution in [-0.2, 0) is 20.9 Å². The first-order valence-electron chi connectivity index (χ1n) is 12.3. The van der Waals surface area contributed by atoms with E-state index in [1.807, 2.05) is 60.7 Å². The quantitative estimate of drug-likeness (QED) is 0.185. The summed E-state index contributed by atoms with van der Waals surface area (Å²) in [4.78, 5) is 44.5. The highest BCUT2D eigenvalue weighted by Gasteiger charge is 2.40. The maximum Gasteiger partial charge on any atom is 0.317 e. The lowest BCUT2D eigenvalue weighted by Crippen LogP contribution is -2.55. The number of amidine groups is 1. The number of rotatable bonds is 11. The van der Waals surface area contributed by atoms with E-state index in [0.29, 0.717) is 30.1 Å². The van der Waals surface area contributed by atoms with Crippen LogP contribution in [0.1, 0.15) is 40.6 Å². The number of carboxylic acid groups (broad SMARTS) is 1. The van der Waals surface area contributed by atoms with Crippen molar-refractivity contribution in [2.24, 2.45) is 5.73 Å². The Bertz CT molecular complexity index is 1240. The molecule has 3 aromatic rings. The van der Waals surface area contributed by atoms with Gasteiger partial charge in [-0.3, -0.25) is 25.1 Å². The molecule has 2 heterocycles. The molecule has 0 aliphatic carbocycles. The van der Waals surface area contributed by atoms with Gasteiger partial charge in [-0.1, -0.05) is 60.7 Å². The standard InChI is InChI=1S/C27H30N6O4S/c28-25(29)19-16-38-21(32-19)14-31-26(36)20-12-7-13-33(20)27(37)24(30-15-22(34)35)23(17-8-3-1-4-9-17)18-10-5-2-6-11-18/h1-6,8-11,16,20,23-24,30H,7,12-15H2,(H3,28,29)(H,31,36)(H,34,35)/t20?,24-/m1/s1. The Balaban J connectivity index is 1.58. The van der Waals surface area contributed by atoms with Crippen LogP contribution in [0.5, 0.6) is 0 Å². The molecule has 10 nitrogen and oxygen atoms in total. The van der Waals surface area contributed by atoms with Crippen LogP contribution in [0.4, 0.5) is 0 Å². The molecule has 1 saturated heterocycles. The molecule has 198 valence electrons. The van der Waals surface area contributed by atoms with Crippen molar-refractivity contribution < 1.29 is 19.5 Å². The molecule has 0 radical (unpaired) electrons. The average Bonchev–Trinajstić information content (AvgIpc) is 3.61. The van der Waals surface area contributed by atoms with Gasteiger partial charge in [0.2, 0.25) is 11.8 Å². The van der Waals surface area contributed by atoms with Crippen molar-refractivity contribution in [3.8, 4) is 0 Å². The van der Waals surface area contributed by atoms with Crippen LogP contribution in [0, 0.1) is 5.41 Å². The minimum absolute atomic E-state index is 0.141. The number of thiazole rings is 1. The number of carboxylic acids is 1. The van der Waals surface area contributed by atoms with E-state index in [4.69, 9.17) is 11.1 Å². The number of carbonyl (C=O) groups is 3. The normalized spacial score (nSPS) is 15.8. The second-order valence-electron chi connectivity index (χ2n) is 9.00. The third-order valence-corrected chi connectivity index (χ3v) is 7.32. The fourth-order valence-corrected chi connectivity index (χ4v) is 5.46. The molecular weight excluding hydrogens is 504 g/mol. The fraction of sp³-hybridized carbons (Fsp3) is 0.296. The van der Waals surface area contributed by atoms with Crippen LogP contribution in [0.2, 0.25) is 0 Å². The molecule has 2 aromatic carbocycles. The van der Waals surface area contributed by atoms with Crippen LogP contribution >= 0.6 is 11.3 Å². The predicted molar refractivity (Wildman–Crippen MR) is 144 cm³/mol. The van der Waals surface area contributed by atoms with Crippen molar-refractivity contribution in [2.45, 2.75) is 37.4 Å². The summed E-state index contributed by atoms with van der Waals surface area (Å²) in [6.07, 6.45) is 1.16. The van der Waals surface area contributed by atoms with E-state index in [1.165, 1.54) is 11.3 Å². The zero-order valence-electron chi connectivity index (χ0n) is 20.7. The lowest BCUT2D eigenvalue weighted by Gasteiger charge is -2.33. The van der Waals surface area contributed by atoms with Crippen molar-refractivity contribution in [2.75, 3.05) is 13.1 Å². The number of amides is 2. The monoisotopic (exact) mass is 534 g/mol. The van der Waals surface area contributed by atoms with Crippen molar-refractivity contribution in [3.05, 3.63) is 87.9 Å². The average molecular weight is 535 g/mol. The van der Waals surface area contributed by atoms with E-state index < -0.39 is 30.5 Å². The zero-order valence-corrected chi connectivity index (χ0v) is 21.5. The number of nitrogens with one attached hydrogen (secondary N) is 3. The molecule has 1 unspecified atom stereocenters. The van der Waals surface area contributed by atoms with E-state index in [2.05, 4.69) is 15.6 Å². The van der Waals surface area contributed by atoms with Gasteiger partial charge in [0.15, 0.2) is 0 Å². The Morgan fingerprint density at radius 3 is 2.29 bits per heavy atom. The predicted octanol–water partition coefficient (Wildman–Crippen LogP) is 1.91. The number of aromatic nitrogens is 1. The Hall–Kier alpha value is -4.09. The number of nitrogens with two attached hydrogens (primary N) is 1. The molecule has 1 aliphatic rings. The van der Waals surface area contributed by atoms with Gasteiger partial charge in [-0.05, 0) is 24.0 Å². The lowest BCUT2D eigenvalue weighted by atomic mass is 9.84. The summed E-state index contributed by atoms with van der Waals surface area (Å²) in [7, 11) is 0. The minimum Gasteiger partial charge on any atom is -0.480 e. The second-order valence-corrected chi connectivity index (χ2v) is 9.94. The molecule has 1 aliphatic heterocycles. The van der Waals surface area contributed by atoms with E-state index in [-0.39, 0.29) is 24.2 Å². The molecule has 11 heteroatoms. The molecule has 2 atom stereocenters. The van der Waals surface area contributed by atoms with Crippen LogP contribution in [0.25, 0.3) is 0 Å². The van der Waals surface area contributed by atoms with Crippen LogP contribution in [0.15, 0.2) is 66.0 Å². The van der Waals surface area contributed by atoms with Gasteiger partial charge >= 0.3 is 5.97 Å². The molecule has 6 N–H and O–H groups in total. The number of likely N-dealkylation sites (tertiary alicyclic amines) is 1. The van der Waals surface area contributed by atoms with Crippen LogP contribution < -0.4 is 16.4 Å². The summed E-state index contributed by atoms with van der Waals surface area (Å²) in [6, 6.07) is 17.4. The summed E-state index contributed by atoms with van der Waals surface area (Å²) in [5.74, 6) is -2.31. The summed E-state index contributed by atoms with van der Waals surface area (Å²) in [6.45, 7) is 0.149. The number of nitrogen functional groups attached to an aromatic ring is 1. The molecule has 0 bridgehead atoms. The molecule has 1 fully saturated rings. The first-order valence-corrected chi connectivity index (χ1v) is 13.1.